The first kappa shape index (κ1) is 18.9. The van der Waals surface area contributed by atoms with Crippen LogP contribution < -0.4 is 15.8 Å². The summed E-state index contributed by atoms with van der Waals surface area (Å²) < 4.78 is 1.84. The third-order valence-electron chi connectivity index (χ3n) is 4.71. The zero-order chi connectivity index (χ0) is 19.7. The van der Waals surface area contributed by atoms with Gasteiger partial charge in [0, 0.05) is 30.3 Å². The molecular weight excluding hydrogens is 394 g/mol. The molecule has 28 heavy (non-hydrogen) atoms. The molecule has 1 N–H and O–H groups in total. The van der Waals surface area contributed by atoms with Gasteiger partial charge in [0.05, 0.1) is 0 Å². The Kier molecular flexibility index (Phi) is 5.36. The van der Waals surface area contributed by atoms with E-state index in [1.165, 1.54) is 22.2 Å². The number of nitrogens with zero attached hydrogens (tertiary/aromatic N) is 4. The minimum Gasteiger partial charge on any atom is -0.346 e. The lowest BCUT2D eigenvalue weighted by atomic mass is 10.1. The number of carbonyl (C=O) groups is 1. The molecule has 9 heteroatoms. The van der Waals surface area contributed by atoms with Crippen LogP contribution in [-0.4, -0.2) is 45.0 Å². The Morgan fingerprint density at radius 3 is 2.64 bits per heavy atom. The van der Waals surface area contributed by atoms with Crippen LogP contribution in [0.2, 0.25) is 0 Å². The van der Waals surface area contributed by atoms with Gasteiger partial charge in [-0.1, -0.05) is 29.5 Å². The Labute approximate surface area is 170 Å². The van der Waals surface area contributed by atoms with E-state index in [1.54, 1.807) is 0 Å². The molecule has 1 aromatic carbocycles. The highest BCUT2D eigenvalue weighted by Gasteiger charge is 2.18. The molecule has 3 heterocycles. The monoisotopic (exact) mass is 415 g/mol. The van der Waals surface area contributed by atoms with Gasteiger partial charge in [-0.2, -0.15) is 16.7 Å². The van der Waals surface area contributed by atoms with Crippen molar-refractivity contribution in [1.82, 2.24) is 14.5 Å². The number of para-hydroxylation sites is 1. The van der Waals surface area contributed by atoms with Crippen LogP contribution in [0.4, 0.5) is 10.8 Å². The van der Waals surface area contributed by atoms with E-state index in [0.29, 0.717) is 10.3 Å². The van der Waals surface area contributed by atoms with E-state index in [0.717, 1.165) is 46.5 Å². The highest BCUT2D eigenvalue weighted by atomic mass is 32.2. The number of fused-ring (bicyclic) bond motifs is 1. The van der Waals surface area contributed by atoms with Crippen molar-refractivity contribution in [2.75, 3.05) is 34.8 Å². The molecule has 1 fully saturated rings. The lowest BCUT2D eigenvalue weighted by Gasteiger charge is -2.25. The van der Waals surface area contributed by atoms with Crippen LogP contribution in [0, 0.1) is 13.8 Å². The van der Waals surface area contributed by atoms with Crippen LogP contribution in [0.1, 0.15) is 11.1 Å². The zero-order valence-corrected chi connectivity index (χ0v) is 17.4. The van der Waals surface area contributed by atoms with Crippen LogP contribution in [0.3, 0.4) is 0 Å². The fraction of sp³-hybridized carbons (Fsp3) is 0.368. The molecular formula is C19H21N5O2S2. The van der Waals surface area contributed by atoms with Gasteiger partial charge in [0.25, 0.3) is 5.56 Å². The summed E-state index contributed by atoms with van der Waals surface area (Å²) in [4.78, 5) is 36.4. The highest BCUT2D eigenvalue weighted by molar-refractivity contribution is 7.99. The zero-order valence-electron chi connectivity index (χ0n) is 15.8. The van der Waals surface area contributed by atoms with Crippen molar-refractivity contribution in [1.29, 1.82) is 0 Å². The lowest BCUT2D eigenvalue weighted by molar-refractivity contribution is -0.116. The first-order valence-electron chi connectivity index (χ1n) is 9.07. The fourth-order valence-electron chi connectivity index (χ4n) is 3.18. The number of carbonyl (C=O) groups excluding carboxylic acids is 1. The predicted octanol–water partition coefficient (Wildman–Crippen LogP) is 2.66. The average Bonchev–Trinajstić information content (AvgIpc) is 3.13. The van der Waals surface area contributed by atoms with Gasteiger partial charge < -0.3 is 10.2 Å². The van der Waals surface area contributed by atoms with Crippen LogP contribution in [0.15, 0.2) is 29.3 Å². The molecule has 1 aliphatic rings. The van der Waals surface area contributed by atoms with Crippen LogP contribution in [-0.2, 0) is 11.3 Å². The minimum atomic E-state index is -0.251. The van der Waals surface area contributed by atoms with E-state index in [2.05, 4.69) is 20.2 Å². The Hall–Kier alpha value is -2.39. The number of rotatable bonds is 4. The van der Waals surface area contributed by atoms with Gasteiger partial charge in [0.2, 0.25) is 5.91 Å². The molecule has 1 amide bonds. The van der Waals surface area contributed by atoms with E-state index >= 15 is 0 Å². The first-order chi connectivity index (χ1) is 13.5. The summed E-state index contributed by atoms with van der Waals surface area (Å²) in [7, 11) is 0. The van der Waals surface area contributed by atoms with Gasteiger partial charge in [-0.25, -0.2) is 4.98 Å². The van der Waals surface area contributed by atoms with Gasteiger partial charge in [-0.15, -0.1) is 0 Å². The van der Waals surface area contributed by atoms with E-state index in [9.17, 15) is 9.59 Å². The first-order valence-corrected chi connectivity index (χ1v) is 11.0. The van der Waals surface area contributed by atoms with Gasteiger partial charge >= 0.3 is 0 Å². The topological polar surface area (TPSA) is 80.1 Å². The number of thiazole rings is 1. The van der Waals surface area contributed by atoms with Gasteiger partial charge in [0.1, 0.15) is 17.6 Å². The molecule has 3 aromatic rings. The largest absolute Gasteiger partial charge is 0.346 e. The quantitative estimate of drug-likeness (QED) is 0.706. The van der Waals surface area contributed by atoms with E-state index < -0.39 is 0 Å². The molecule has 7 nitrogen and oxygen atoms in total. The van der Waals surface area contributed by atoms with Crippen LogP contribution >= 0.6 is 23.1 Å². The SMILES string of the molecule is Cc1cccc(C)c1NC(=O)Cn1cnc2nc(N3CCSCC3)sc2c1=O. The number of amides is 1. The maximum absolute atomic E-state index is 12.8. The number of aryl methyl sites for hydroxylation is 2. The van der Waals surface area contributed by atoms with E-state index in [-0.39, 0.29) is 18.0 Å². The lowest BCUT2D eigenvalue weighted by Crippen LogP contribution is -2.32. The Bertz CT molecular complexity index is 1070. The van der Waals surface area contributed by atoms with Gasteiger partial charge in [-0.3, -0.25) is 14.2 Å². The number of hydrogen-bond acceptors (Lipinski definition) is 7. The fourth-order valence-corrected chi connectivity index (χ4v) is 5.11. The van der Waals surface area contributed by atoms with Crippen LogP contribution in [0.25, 0.3) is 10.3 Å². The standard InChI is InChI=1S/C19H21N5O2S2/c1-12-4-3-5-13(2)15(12)21-14(25)10-24-11-20-17-16(18(24)26)28-19(22-17)23-6-8-27-9-7-23/h3-5,11H,6-10H2,1-2H3,(H,21,25). The molecule has 4 rings (SSSR count). The van der Waals surface area contributed by atoms with Crippen molar-refractivity contribution in [2.24, 2.45) is 0 Å². The molecule has 0 saturated carbocycles. The minimum absolute atomic E-state index is 0.0802. The molecule has 1 aliphatic heterocycles. The van der Waals surface area contributed by atoms with Gasteiger partial charge in [-0.05, 0) is 25.0 Å². The summed E-state index contributed by atoms with van der Waals surface area (Å²) in [5, 5.41) is 3.74. The number of benzene rings is 1. The summed E-state index contributed by atoms with van der Waals surface area (Å²) in [6.45, 7) is 5.66. The molecule has 146 valence electrons. The molecule has 0 unspecified atom stereocenters. The third-order valence-corrected chi connectivity index (χ3v) is 6.75. The molecule has 0 spiro atoms. The number of thioether (sulfide) groups is 1. The summed E-state index contributed by atoms with van der Waals surface area (Å²) in [5.41, 5.74) is 2.99. The second-order valence-electron chi connectivity index (χ2n) is 6.74. The third kappa shape index (κ3) is 3.77. The van der Waals surface area contributed by atoms with Crippen molar-refractivity contribution in [2.45, 2.75) is 20.4 Å². The molecule has 0 aliphatic carbocycles. The molecule has 0 atom stereocenters. The van der Waals surface area contributed by atoms with Crippen molar-refractivity contribution >= 4 is 50.2 Å². The van der Waals surface area contributed by atoms with E-state index in [1.807, 2.05) is 43.8 Å². The molecule has 0 bridgehead atoms. The molecule has 0 radical (unpaired) electrons. The van der Waals surface area contributed by atoms with Crippen LogP contribution in [0.5, 0.6) is 0 Å². The Morgan fingerprint density at radius 1 is 1.21 bits per heavy atom. The summed E-state index contributed by atoms with van der Waals surface area (Å²) >= 11 is 3.28. The maximum atomic E-state index is 12.8. The van der Waals surface area contributed by atoms with E-state index in [4.69, 9.17) is 0 Å². The smallest absolute Gasteiger partial charge is 0.273 e. The van der Waals surface area contributed by atoms with Crippen molar-refractivity contribution in [3.05, 3.63) is 46.0 Å². The van der Waals surface area contributed by atoms with Crippen molar-refractivity contribution in [3.8, 4) is 0 Å². The summed E-state index contributed by atoms with van der Waals surface area (Å²) in [5.74, 6) is 1.87. The number of aromatic nitrogens is 3. The predicted molar refractivity (Wildman–Crippen MR) is 116 cm³/mol. The second kappa shape index (κ2) is 7.92. The number of nitrogens with one attached hydrogen (secondary N) is 1. The second-order valence-corrected chi connectivity index (χ2v) is 8.94. The summed E-state index contributed by atoms with van der Waals surface area (Å²) in [6.07, 6.45) is 1.41. The summed E-state index contributed by atoms with van der Waals surface area (Å²) in [6, 6.07) is 5.84. The van der Waals surface area contributed by atoms with Gasteiger partial charge in [0.15, 0.2) is 10.8 Å². The number of anilines is 2. The Morgan fingerprint density at radius 2 is 1.93 bits per heavy atom. The average molecular weight is 416 g/mol. The molecule has 1 saturated heterocycles. The molecule has 2 aromatic heterocycles. The highest BCUT2D eigenvalue weighted by Crippen LogP contribution is 2.27. The maximum Gasteiger partial charge on any atom is 0.273 e. The van der Waals surface area contributed by atoms with Crippen molar-refractivity contribution in [3.63, 3.8) is 0 Å². The number of hydrogen-bond donors (Lipinski definition) is 1. The Balaban J connectivity index is 1.56. The van der Waals surface area contributed by atoms with Crippen molar-refractivity contribution < 1.29 is 4.79 Å². The normalized spacial score (nSPS) is 14.4.